The van der Waals surface area contributed by atoms with Gasteiger partial charge >= 0.3 is 6.18 Å². The van der Waals surface area contributed by atoms with Crippen molar-refractivity contribution < 1.29 is 13.2 Å². The molecule has 1 aliphatic carbocycles. The van der Waals surface area contributed by atoms with Gasteiger partial charge < -0.3 is 5.73 Å². The van der Waals surface area contributed by atoms with Crippen LogP contribution in [0.1, 0.15) is 41.1 Å². The van der Waals surface area contributed by atoms with Crippen LogP contribution in [0, 0.1) is 6.92 Å². The summed E-state index contributed by atoms with van der Waals surface area (Å²) in [5, 5.41) is 0. The number of hydrogen-bond acceptors (Lipinski definition) is 1. The van der Waals surface area contributed by atoms with Gasteiger partial charge in [-0.25, -0.2) is 0 Å². The third-order valence-electron chi connectivity index (χ3n) is 3.15. The van der Waals surface area contributed by atoms with Crippen molar-refractivity contribution >= 4 is 0 Å². The summed E-state index contributed by atoms with van der Waals surface area (Å²) in [6, 6.07) is 2.76. The maximum Gasteiger partial charge on any atom is 0.416 e. The summed E-state index contributed by atoms with van der Waals surface area (Å²) < 4.78 is 38.1. The van der Waals surface area contributed by atoms with Crippen molar-refractivity contribution in [3.8, 4) is 0 Å². The van der Waals surface area contributed by atoms with E-state index in [-0.39, 0.29) is 11.6 Å². The summed E-state index contributed by atoms with van der Waals surface area (Å²) in [5.41, 5.74) is 7.28. The molecule has 0 spiro atoms. The molecule has 88 valence electrons. The van der Waals surface area contributed by atoms with Crippen LogP contribution in [0.3, 0.4) is 0 Å². The van der Waals surface area contributed by atoms with Crippen LogP contribution in [0.4, 0.5) is 13.2 Å². The molecule has 2 rings (SSSR count). The van der Waals surface area contributed by atoms with E-state index >= 15 is 0 Å². The van der Waals surface area contributed by atoms with Crippen LogP contribution < -0.4 is 5.73 Å². The summed E-state index contributed by atoms with van der Waals surface area (Å²) >= 11 is 0. The first-order valence-corrected chi connectivity index (χ1v) is 5.36. The van der Waals surface area contributed by atoms with Crippen molar-refractivity contribution in [3.63, 3.8) is 0 Å². The molecule has 1 aromatic rings. The molecule has 0 heterocycles. The Labute approximate surface area is 92.5 Å². The molecule has 0 fully saturated rings. The maximum absolute atomic E-state index is 12.7. The molecule has 16 heavy (non-hydrogen) atoms. The number of rotatable bonds is 0. The van der Waals surface area contributed by atoms with Gasteiger partial charge in [-0.05, 0) is 48.9 Å². The number of halogens is 3. The minimum Gasteiger partial charge on any atom is -0.324 e. The van der Waals surface area contributed by atoms with Crippen LogP contribution in [0.15, 0.2) is 12.1 Å². The van der Waals surface area contributed by atoms with Crippen LogP contribution in [0.2, 0.25) is 0 Å². The Morgan fingerprint density at radius 2 is 2.00 bits per heavy atom. The van der Waals surface area contributed by atoms with Gasteiger partial charge in [0, 0.05) is 6.04 Å². The maximum atomic E-state index is 12.7. The Bertz CT molecular complexity index is 409. The molecule has 0 aromatic heterocycles. The van der Waals surface area contributed by atoms with E-state index in [1.165, 1.54) is 13.0 Å². The fraction of sp³-hybridized carbons (Fsp3) is 0.500. The lowest BCUT2D eigenvalue weighted by atomic mass is 9.85. The molecule has 0 unspecified atom stereocenters. The molecule has 0 amide bonds. The molecule has 1 atom stereocenters. The van der Waals surface area contributed by atoms with Crippen LogP contribution in [-0.4, -0.2) is 0 Å². The van der Waals surface area contributed by atoms with Gasteiger partial charge in [0.2, 0.25) is 0 Å². The zero-order valence-corrected chi connectivity index (χ0v) is 9.06. The van der Waals surface area contributed by atoms with Gasteiger partial charge in [-0.3, -0.25) is 0 Å². The number of nitrogens with two attached hydrogens (primary N) is 1. The fourth-order valence-corrected chi connectivity index (χ4v) is 2.31. The molecular formula is C12H14F3N. The third kappa shape index (κ3) is 1.94. The van der Waals surface area contributed by atoms with Crippen molar-refractivity contribution in [2.45, 2.75) is 38.4 Å². The highest BCUT2D eigenvalue weighted by molar-refractivity contribution is 5.42. The Hall–Kier alpha value is -1.03. The molecule has 0 saturated carbocycles. The minimum atomic E-state index is -4.26. The van der Waals surface area contributed by atoms with Gasteiger partial charge in [0.1, 0.15) is 0 Å². The Morgan fingerprint density at radius 3 is 2.62 bits per heavy atom. The van der Waals surface area contributed by atoms with Gasteiger partial charge in [-0.2, -0.15) is 13.2 Å². The first-order valence-electron chi connectivity index (χ1n) is 5.36. The zero-order chi connectivity index (χ0) is 11.9. The van der Waals surface area contributed by atoms with Crippen LogP contribution in [0.5, 0.6) is 0 Å². The minimum absolute atomic E-state index is 0.107. The molecule has 0 saturated heterocycles. The van der Waals surface area contributed by atoms with E-state index in [9.17, 15) is 13.2 Å². The molecule has 1 aliphatic rings. The number of aryl methyl sites for hydroxylation is 2. The lowest BCUT2D eigenvalue weighted by Gasteiger charge is -2.24. The van der Waals surface area contributed by atoms with Crippen molar-refractivity contribution in [3.05, 3.63) is 34.4 Å². The van der Waals surface area contributed by atoms with Gasteiger partial charge in [0.25, 0.3) is 0 Å². The topological polar surface area (TPSA) is 26.0 Å². The van der Waals surface area contributed by atoms with E-state index in [2.05, 4.69) is 0 Å². The second kappa shape index (κ2) is 3.77. The predicted octanol–water partition coefficient (Wildman–Crippen LogP) is 3.35. The average Bonchev–Trinajstić information content (AvgIpc) is 2.17. The lowest BCUT2D eigenvalue weighted by Crippen LogP contribution is -2.19. The molecule has 4 heteroatoms. The highest BCUT2D eigenvalue weighted by Gasteiger charge is 2.33. The van der Waals surface area contributed by atoms with Crippen LogP contribution >= 0.6 is 0 Å². The SMILES string of the molecule is Cc1cc2c(cc1C(F)(F)F)CCC[C@H]2N. The third-order valence-corrected chi connectivity index (χ3v) is 3.15. The number of benzene rings is 1. The van der Waals surface area contributed by atoms with E-state index in [1.54, 1.807) is 6.07 Å². The first-order chi connectivity index (χ1) is 7.39. The van der Waals surface area contributed by atoms with Gasteiger partial charge in [0.05, 0.1) is 5.56 Å². The first kappa shape index (κ1) is 11.5. The van der Waals surface area contributed by atoms with Gasteiger partial charge in [-0.1, -0.05) is 6.07 Å². The van der Waals surface area contributed by atoms with Crippen molar-refractivity contribution in [2.24, 2.45) is 5.73 Å². The Balaban J connectivity index is 2.53. The highest BCUT2D eigenvalue weighted by atomic mass is 19.4. The molecule has 2 N–H and O–H groups in total. The summed E-state index contributed by atoms with van der Waals surface area (Å²) in [5.74, 6) is 0. The van der Waals surface area contributed by atoms with E-state index in [4.69, 9.17) is 5.73 Å². The lowest BCUT2D eigenvalue weighted by molar-refractivity contribution is -0.138. The van der Waals surface area contributed by atoms with Gasteiger partial charge in [-0.15, -0.1) is 0 Å². The monoisotopic (exact) mass is 229 g/mol. The van der Waals surface area contributed by atoms with Crippen LogP contribution in [-0.2, 0) is 12.6 Å². The second-order valence-electron chi connectivity index (χ2n) is 4.36. The standard InChI is InChI=1S/C12H14F3N/c1-7-5-9-8(3-2-4-11(9)16)6-10(7)12(13,14)15/h5-6,11H,2-4,16H2,1H3/t11-/m1/s1. The Morgan fingerprint density at radius 1 is 1.31 bits per heavy atom. The normalized spacial score (nSPS) is 20.7. The molecule has 1 aromatic carbocycles. The predicted molar refractivity (Wildman–Crippen MR) is 56.0 cm³/mol. The summed E-state index contributed by atoms with van der Waals surface area (Å²) in [6.07, 6.45) is -1.83. The van der Waals surface area contributed by atoms with Crippen molar-refractivity contribution in [1.29, 1.82) is 0 Å². The summed E-state index contributed by atoms with van der Waals surface area (Å²) in [7, 11) is 0. The highest BCUT2D eigenvalue weighted by Crippen LogP contribution is 2.37. The number of fused-ring (bicyclic) bond motifs is 1. The summed E-state index contributed by atoms with van der Waals surface area (Å²) in [4.78, 5) is 0. The van der Waals surface area contributed by atoms with Crippen molar-refractivity contribution in [1.82, 2.24) is 0 Å². The quantitative estimate of drug-likeness (QED) is 0.725. The molecular weight excluding hydrogens is 215 g/mol. The summed E-state index contributed by atoms with van der Waals surface area (Å²) in [6.45, 7) is 1.49. The second-order valence-corrected chi connectivity index (χ2v) is 4.36. The molecule has 1 nitrogen and oxygen atoms in total. The van der Waals surface area contributed by atoms with E-state index < -0.39 is 11.7 Å². The molecule has 0 aliphatic heterocycles. The number of hydrogen-bond donors (Lipinski definition) is 1. The Kier molecular flexibility index (Phi) is 2.70. The average molecular weight is 229 g/mol. The van der Waals surface area contributed by atoms with E-state index in [0.717, 1.165) is 24.0 Å². The fourth-order valence-electron chi connectivity index (χ4n) is 2.31. The zero-order valence-electron chi connectivity index (χ0n) is 9.06. The van der Waals surface area contributed by atoms with Gasteiger partial charge in [0.15, 0.2) is 0 Å². The van der Waals surface area contributed by atoms with E-state index in [1.807, 2.05) is 0 Å². The van der Waals surface area contributed by atoms with E-state index in [0.29, 0.717) is 6.42 Å². The smallest absolute Gasteiger partial charge is 0.324 e. The molecule has 0 radical (unpaired) electrons. The molecule has 0 bridgehead atoms. The van der Waals surface area contributed by atoms with Crippen molar-refractivity contribution in [2.75, 3.05) is 0 Å². The largest absolute Gasteiger partial charge is 0.416 e. The number of alkyl halides is 3. The van der Waals surface area contributed by atoms with Crippen LogP contribution in [0.25, 0.3) is 0 Å².